The van der Waals surface area contributed by atoms with E-state index in [9.17, 15) is 0 Å². The first-order valence-corrected chi connectivity index (χ1v) is 6.57. The van der Waals surface area contributed by atoms with Crippen molar-refractivity contribution in [1.82, 2.24) is 0 Å². The summed E-state index contributed by atoms with van der Waals surface area (Å²) in [6.07, 6.45) is -0.0448. The fraction of sp³-hybridized carbons (Fsp3) is 1.00. The van der Waals surface area contributed by atoms with E-state index in [4.69, 9.17) is 9.16 Å². The standard InChI is InChI=1S/C6H16O2Si/c1-6(7-2)8-9(3,4)5/h6H,1-5H3. The normalized spacial score (nSPS) is 15.7. The molecule has 1 unspecified atom stereocenters. The number of ether oxygens (including phenoxy) is 1. The smallest absolute Gasteiger partial charge is 0.187 e. The topological polar surface area (TPSA) is 18.5 Å². The molecule has 0 aliphatic rings. The third kappa shape index (κ3) is 6.02. The lowest BCUT2D eigenvalue weighted by Crippen LogP contribution is -2.31. The lowest BCUT2D eigenvalue weighted by Gasteiger charge is -2.21. The minimum Gasteiger partial charge on any atom is -0.393 e. The quantitative estimate of drug-likeness (QED) is 0.449. The van der Waals surface area contributed by atoms with Gasteiger partial charge in [0, 0.05) is 7.11 Å². The third-order valence-electron chi connectivity index (χ3n) is 0.851. The van der Waals surface area contributed by atoms with Gasteiger partial charge in [0.2, 0.25) is 0 Å². The summed E-state index contributed by atoms with van der Waals surface area (Å²) in [6, 6.07) is 0. The molecule has 56 valence electrons. The van der Waals surface area contributed by atoms with Gasteiger partial charge in [-0.3, -0.25) is 0 Å². The molecule has 0 amide bonds. The van der Waals surface area contributed by atoms with Gasteiger partial charge in [0.1, 0.15) is 6.29 Å². The van der Waals surface area contributed by atoms with Crippen LogP contribution in [0.5, 0.6) is 0 Å². The predicted molar refractivity (Wildman–Crippen MR) is 40.9 cm³/mol. The van der Waals surface area contributed by atoms with Crippen LogP contribution in [0.2, 0.25) is 19.6 Å². The van der Waals surface area contributed by atoms with Gasteiger partial charge in [0.15, 0.2) is 8.32 Å². The van der Waals surface area contributed by atoms with Crippen LogP contribution in [0.15, 0.2) is 0 Å². The average molecular weight is 148 g/mol. The fourth-order valence-electron chi connectivity index (χ4n) is 0.546. The fourth-order valence-corrected chi connectivity index (χ4v) is 1.64. The molecule has 0 fully saturated rings. The second-order valence-corrected chi connectivity index (χ2v) is 7.49. The largest absolute Gasteiger partial charge is 0.393 e. The maximum atomic E-state index is 5.50. The van der Waals surface area contributed by atoms with E-state index >= 15 is 0 Å². The molecule has 0 heterocycles. The van der Waals surface area contributed by atoms with Crippen LogP contribution in [0.25, 0.3) is 0 Å². The molecule has 0 aliphatic heterocycles. The molecule has 0 spiro atoms. The average Bonchev–Trinajstić information content (AvgIpc) is 1.62. The van der Waals surface area contributed by atoms with Crippen LogP contribution in [0.3, 0.4) is 0 Å². The molecule has 0 aromatic rings. The van der Waals surface area contributed by atoms with Crippen LogP contribution >= 0.6 is 0 Å². The molecule has 3 heteroatoms. The van der Waals surface area contributed by atoms with Crippen LogP contribution < -0.4 is 0 Å². The Morgan fingerprint density at radius 3 is 1.78 bits per heavy atom. The van der Waals surface area contributed by atoms with Gasteiger partial charge in [-0.15, -0.1) is 0 Å². The van der Waals surface area contributed by atoms with E-state index < -0.39 is 8.32 Å². The zero-order valence-corrected chi connectivity index (χ0v) is 7.89. The number of rotatable bonds is 3. The molecule has 9 heavy (non-hydrogen) atoms. The SMILES string of the molecule is COC(C)O[Si](C)(C)C. The Bertz CT molecular complexity index is 77.6. The van der Waals surface area contributed by atoms with Crippen molar-refractivity contribution >= 4 is 8.32 Å². The Morgan fingerprint density at radius 1 is 1.22 bits per heavy atom. The summed E-state index contributed by atoms with van der Waals surface area (Å²) in [5.41, 5.74) is 0. The van der Waals surface area contributed by atoms with E-state index in [-0.39, 0.29) is 6.29 Å². The van der Waals surface area contributed by atoms with Gasteiger partial charge in [-0.2, -0.15) is 0 Å². The van der Waals surface area contributed by atoms with Gasteiger partial charge in [-0.25, -0.2) is 0 Å². The molecule has 0 aromatic heterocycles. The Labute approximate surface area is 58.3 Å². The third-order valence-corrected chi connectivity index (χ3v) is 1.89. The molecular formula is C6H16O2Si. The summed E-state index contributed by atoms with van der Waals surface area (Å²) in [4.78, 5) is 0. The summed E-state index contributed by atoms with van der Waals surface area (Å²) in [5.74, 6) is 0. The van der Waals surface area contributed by atoms with E-state index in [0.717, 1.165) is 0 Å². The van der Waals surface area contributed by atoms with Gasteiger partial charge in [0.05, 0.1) is 0 Å². The van der Waals surface area contributed by atoms with Gasteiger partial charge < -0.3 is 9.16 Å². The summed E-state index contributed by atoms with van der Waals surface area (Å²) in [6.45, 7) is 8.34. The Morgan fingerprint density at radius 2 is 1.67 bits per heavy atom. The Hall–Kier alpha value is 0.137. The van der Waals surface area contributed by atoms with Crippen molar-refractivity contribution in [1.29, 1.82) is 0 Å². The van der Waals surface area contributed by atoms with Crippen molar-refractivity contribution in [2.75, 3.05) is 7.11 Å². The summed E-state index contributed by atoms with van der Waals surface area (Å²) < 4.78 is 10.4. The number of hydrogen-bond acceptors (Lipinski definition) is 2. The zero-order valence-electron chi connectivity index (χ0n) is 6.89. The highest BCUT2D eigenvalue weighted by Gasteiger charge is 2.17. The first-order chi connectivity index (χ1) is 3.95. The molecule has 0 aliphatic carbocycles. The zero-order chi connectivity index (χ0) is 7.49. The van der Waals surface area contributed by atoms with Crippen LogP contribution in [-0.4, -0.2) is 21.7 Å². The molecule has 0 bridgehead atoms. The van der Waals surface area contributed by atoms with Crippen LogP contribution in [0, 0.1) is 0 Å². The minimum atomic E-state index is -1.37. The Kier molecular flexibility index (Phi) is 3.39. The highest BCUT2D eigenvalue weighted by molar-refractivity contribution is 6.69. The second kappa shape index (κ2) is 3.34. The monoisotopic (exact) mass is 148 g/mol. The lowest BCUT2D eigenvalue weighted by atomic mass is 10.8. The summed E-state index contributed by atoms with van der Waals surface area (Å²) in [5, 5.41) is 0. The van der Waals surface area contributed by atoms with Gasteiger partial charge >= 0.3 is 0 Å². The Balaban J connectivity index is 3.47. The molecular weight excluding hydrogens is 132 g/mol. The molecule has 0 N–H and O–H groups in total. The van der Waals surface area contributed by atoms with Crippen molar-refractivity contribution in [3.8, 4) is 0 Å². The van der Waals surface area contributed by atoms with E-state index in [2.05, 4.69) is 19.6 Å². The van der Waals surface area contributed by atoms with Gasteiger partial charge in [-0.1, -0.05) is 0 Å². The highest BCUT2D eigenvalue weighted by Crippen LogP contribution is 2.06. The van der Waals surface area contributed by atoms with E-state index in [1.165, 1.54) is 0 Å². The second-order valence-electron chi connectivity index (χ2n) is 3.03. The molecule has 0 radical (unpaired) electrons. The maximum absolute atomic E-state index is 5.50. The van der Waals surface area contributed by atoms with Crippen molar-refractivity contribution in [3.05, 3.63) is 0 Å². The summed E-state index contributed by atoms with van der Waals surface area (Å²) in [7, 11) is 0.291. The van der Waals surface area contributed by atoms with Crippen molar-refractivity contribution in [3.63, 3.8) is 0 Å². The maximum Gasteiger partial charge on any atom is 0.187 e. The minimum absolute atomic E-state index is 0.0448. The molecule has 0 aromatic carbocycles. The van der Waals surface area contributed by atoms with E-state index in [1.807, 2.05) is 6.92 Å². The first kappa shape index (κ1) is 9.14. The lowest BCUT2D eigenvalue weighted by molar-refractivity contribution is -0.0441. The van der Waals surface area contributed by atoms with Gasteiger partial charge in [-0.05, 0) is 26.6 Å². The molecule has 0 saturated heterocycles. The van der Waals surface area contributed by atoms with Crippen molar-refractivity contribution in [2.45, 2.75) is 32.9 Å². The molecule has 0 saturated carbocycles. The predicted octanol–water partition coefficient (Wildman–Crippen LogP) is 1.83. The highest BCUT2D eigenvalue weighted by atomic mass is 28.4. The van der Waals surface area contributed by atoms with E-state index in [0.29, 0.717) is 0 Å². The van der Waals surface area contributed by atoms with E-state index in [1.54, 1.807) is 7.11 Å². The van der Waals surface area contributed by atoms with Crippen LogP contribution in [0.1, 0.15) is 6.92 Å². The van der Waals surface area contributed by atoms with Crippen LogP contribution in [-0.2, 0) is 9.16 Å². The van der Waals surface area contributed by atoms with Crippen molar-refractivity contribution < 1.29 is 9.16 Å². The number of hydrogen-bond donors (Lipinski definition) is 0. The van der Waals surface area contributed by atoms with Gasteiger partial charge in [0.25, 0.3) is 0 Å². The number of methoxy groups -OCH3 is 1. The van der Waals surface area contributed by atoms with Crippen molar-refractivity contribution in [2.24, 2.45) is 0 Å². The summed E-state index contributed by atoms with van der Waals surface area (Å²) >= 11 is 0. The first-order valence-electron chi connectivity index (χ1n) is 3.16. The molecule has 0 rings (SSSR count). The molecule has 1 atom stereocenters. The molecule has 2 nitrogen and oxygen atoms in total. The van der Waals surface area contributed by atoms with Crippen LogP contribution in [0.4, 0.5) is 0 Å².